The highest BCUT2D eigenvalue weighted by molar-refractivity contribution is 5.16. The molecule has 2 aromatic rings. The van der Waals surface area contributed by atoms with Crippen molar-refractivity contribution in [3.8, 4) is 0 Å². The molecule has 0 atom stereocenters. The molecule has 1 N–H and O–H groups in total. The van der Waals surface area contributed by atoms with Gasteiger partial charge in [-0.05, 0) is 12.5 Å². The number of aliphatic hydroxyl groups excluding tert-OH is 1. The number of rotatable bonds is 3. The average Bonchev–Trinajstić information content (AvgIpc) is 2.61. The fourth-order valence-electron chi connectivity index (χ4n) is 1.59. The van der Waals surface area contributed by atoms with Gasteiger partial charge in [0.25, 0.3) is 0 Å². The molecule has 0 fully saturated rings. The molecule has 0 saturated heterocycles. The van der Waals surface area contributed by atoms with E-state index in [0.29, 0.717) is 0 Å². The molecule has 3 nitrogen and oxygen atoms in total. The molecular formula is C12H14N2O. The first-order chi connectivity index (χ1) is 7.29. The molecule has 1 aromatic carbocycles. The van der Waals surface area contributed by atoms with E-state index in [1.54, 1.807) is 0 Å². The number of aryl methyl sites for hydroxylation is 1. The molecule has 0 aliphatic carbocycles. The van der Waals surface area contributed by atoms with Crippen LogP contribution in [0.5, 0.6) is 0 Å². The van der Waals surface area contributed by atoms with Crippen molar-refractivity contribution in [2.75, 3.05) is 0 Å². The third kappa shape index (κ3) is 2.25. The molecule has 0 spiro atoms. The second-order valence-electron chi connectivity index (χ2n) is 3.55. The standard InChI is InChI=1S/C12H14N2O/c1-10-13-12(9-15)8-14(10)7-11-5-3-2-4-6-11/h2-6,8,15H,7,9H2,1H3. The van der Waals surface area contributed by atoms with Gasteiger partial charge >= 0.3 is 0 Å². The highest BCUT2D eigenvalue weighted by Gasteiger charge is 2.02. The lowest BCUT2D eigenvalue weighted by Crippen LogP contribution is -2.00. The summed E-state index contributed by atoms with van der Waals surface area (Å²) in [4.78, 5) is 4.24. The lowest BCUT2D eigenvalue weighted by atomic mass is 10.2. The van der Waals surface area contributed by atoms with Crippen LogP contribution in [-0.4, -0.2) is 14.7 Å². The molecule has 0 aliphatic rings. The van der Waals surface area contributed by atoms with Crippen molar-refractivity contribution in [2.24, 2.45) is 0 Å². The minimum Gasteiger partial charge on any atom is -0.390 e. The van der Waals surface area contributed by atoms with E-state index in [9.17, 15) is 0 Å². The number of imidazole rings is 1. The average molecular weight is 202 g/mol. The summed E-state index contributed by atoms with van der Waals surface area (Å²) in [5.74, 6) is 0.933. The second-order valence-corrected chi connectivity index (χ2v) is 3.55. The van der Waals surface area contributed by atoms with Crippen molar-refractivity contribution >= 4 is 0 Å². The summed E-state index contributed by atoms with van der Waals surface area (Å²) in [5, 5.41) is 8.97. The van der Waals surface area contributed by atoms with Crippen molar-refractivity contribution < 1.29 is 5.11 Å². The van der Waals surface area contributed by atoms with Crippen LogP contribution in [0, 0.1) is 6.92 Å². The molecule has 2 rings (SSSR count). The van der Waals surface area contributed by atoms with Gasteiger partial charge in [-0.25, -0.2) is 4.98 Å². The van der Waals surface area contributed by atoms with Gasteiger partial charge in [0.1, 0.15) is 5.82 Å². The lowest BCUT2D eigenvalue weighted by Gasteiger charge is -2.04. The van der Waals surface area contributed by atoms with Crippen LogP contribution in [0.3, 0.4) is 0 Å². The van der Waals surface area contributed by atoms with Crippen molar-refractivity contribution in [2.45, 2.75) is 20.1 Å². The van der Waals surface area contributed by atoms with Crippen molar-refractivity contribution in [3.05, 3.63) is 53.6 Å². The Labute approximate surface area is 89.0 Å². The maximum atomic E-state index is 8.97. The Morgan fingerprint density at radius 3 is 2.60 bits per heavy atom. The van der Waals surface area contributed by atoms with Crippen LogP contribution < -0.4 is 0 Å². The van der Waals surface area contributed by atoms with Crippen molar-refractivity contribution in [1.82, 2.24) is 9.55 Å². The molecule has 1 aromatic heterocycles. The minimum atomic E-state index is 0.00261. The fourth-order valence-corrected chi connectivity index (χ4v) is 1.59. The van der Waals surface area contributed by atoms with Gasteiger partial charge in [-0.2, -0.15) is 0 Å². The topological polar surface area (TPSA) is 38.1 Å². The summed E-state index contributed by atoms with van der Waals surface area (Å²) in [6.45, 7) is 2.75. The smallest absolute Gasteiger partial charge is 0.106 e. The number of hydrogen-bond donors (Lipinski definition) is 1. The summed E-state index contributed by atoms with van der Waals surface area (Å²) in [7, 11) is 0. The Hall–Kier alpha value is -1.61. The van der Waals surface area contributed by atoms with Gasteiger partial charge in [-0.1, -0.05) is 30.3 Å². The van der Waals surface area contributed by atoms with Crippen LogP contribution in [0.4, 0.5) is 0 Å². The van der Waals surface area contributed by atoms with Crippen LogP contribution in [-0.2, 0) is 13.2 Å². The normalized spacial score (nSPS) is 10.5. The predicted octanol–water partition coefficient (Wildman–Crippen LogP) is 1.73. The van der Waals surface area contributed by atoms with E-state index in [4.69, 9.17) is 5.11 Å². The van der Waals surface area contributed by atoms with Crippen LogP contribution in [0.25, 0.3) is 0 Å². The van der Waals surface area contributed by atoms with Crippen LogP contribution in [0.15, 0.2) is 36.5 Å². The molecule has 0 unspecified atom stereocenters. The van der Waals surface area contributed by atoms with E-state index in [2.05, 4.69) is 17.1 Å². The molecule has 15 heavy (non-hydrogen) atoms. The Kier molecular flexibility index (Phi) is 2.83. The van der Waals surface area contributed by atoms with E-state index in [0.717, 1.165) is 18.1 Å². The zero-order chi connectivity index (χ0) is 10.7. The van der Waals surface area contributed by atoms with Gasteiger partial charge in [0.05, 0.1) is 12.3 Å². The second kappa shape index (κ2) is 4.28. The van der Waals surface area contributed by atoms with Crippen LogP contribution in [0.1, 0.15) is 17.1 Å². The zero-order valence-corrected chi connectivity index (χ0v) is 8.72. The summed E-state index contributed by atoms with van der Waals surface area (Å²) < 4.78 is 2.04. The van der Waals surface area contributed by atoms with Gasteiger partial charge < -0.3 is 9.67 Å². The Balaban J connectivity index is 2.21. The first-order valence-corrected chi connectivity index (χ1v) is 4.97. The predicted molar refractivity (Wildman–Crippen MR) is 58.4 cm³/mol. The Morgan fingerprint density at radius 1 is 1.27 bits per heavy atom. The maximum Gasteiger partial charge on any atom is 0.106 e. The number of aliphatic hydroxyl groups is 1. The van der Waals surface area contributed by atoms with Gasteiger partial charge in [0, 0.05) is 12.7 Å². The first-order valence-electron chi connectivity index (χ1n) is 4.97. The third-order valence-corrected chi connectivity index (χ3v) is 2.38. The monoisotopic (exact) mass is 202 g/mol. The number of hydrogen-bond acceptors (Lipinski definition) is 2. The van der Waals surface area contributed by atoms with Gasteiger partial charge in [-0.15, -0.1) is 0 Å². The molecule has 0 radical (unpaired) electrons. The SMILES string of the molecule is Cc1nc(CO)cn1Cc1ccccc1. The molecule has 0 amide bonds. The van der Waals surface area contributed by atoms with Crippen LogP contribution in [0.2, 0.25) is 0 Å². The number of aromatic nitrogens is 2. The van der Waals surface area contributed by atoms with Crippen molar-refractivity contribution in [1.29, 1.82) is 0 Å². The minimum absolute atomic E-state index is 0.00261. The summed E-state index contributed by atoms with van der Waals surface area (Å²) in [6.07, 6.45) is 1.89. The third-order valence-electron chi connectivity index (χ3n) is 2.38. The molecule has 0 aliphatic heterocycles. The van der Waals surface area contributed by atoms with E-state index in [1.165, 1.54) is 5.56 Å². The molecular weight excluding hydrogens is 188 g/mol. The van der Waals surface area contributed by atoms with E-state index >= 15 is 0 Å². The summed E-state index contributed by atoms with van der Waals surface area (Å²) in [6, 6.07) is 10.2. The molecule has 3 heteroatoms. The van der Waals surface area contributed by atoms with Crippen LogP contribution >= 0.6 is 0 Å². The number of benzene rings is 1. The highest BCUT2D eigenvalue weighted by Crippen LogP contribution is 2.07. The van der Waals surface area contributed by atoms with E-state index in [1.807, 2.05) is 35.9 Å². The van der Waals surface area contributed by atoms with Gasteiger partial charge in [0.2, 0.25) is 0 Å². The molecule has 1 heterocycles. The quantitative estimate of drug-likeness (QED) is 0.823. The maximum absolute atomic E-state index is 8.97. The Bertz CT molecular complexity index is 434. The Morgan fingerprint density at radius 2 is 2.00 bits per heavy atom. The van der Waals surface area contributed by atoms with E-state index < -0.39 is 0 Å². The van der Waals surface area contributed by atoms with Gasteiger partial charge in [0.15, 0.2) is 0 Å². The molecule has 78 valence electrons. The lowest BCUT2D eigenvalue weighted by molar-refractivity contribution is 0.277. The summed E-state index contributed by atoms with van der Waals surface area (Å²) >= 11 is 0. The highest BCUT2D eigenvalue weighted by atomic mass is 16.3. The van der Waals surface area contributed by atoms with Crippen molar-refractivity contribution in [3.63, 3.8) is 0 Å². The number of nitrogens with zero attached hydrogens (tertiary/aromatic N) is 2. The van der Waals surface area contributed by atoms with Gasteiger partial charge in [-0.3, -0.25) is 0 Å². The summed E-state index contributed by atoms with van der Waals surface area (Å²) in [5.41, 5.74) is 1.96. The fraction of sp³-hybridized carbons (Fsp3) is 0.250. The molecule has 0 saturated carbocycles. The largest absolute Gasteiger partial charge is 0.390 e. The van der Waals surface area contributed by atoms with E-state index in [-0.39, 0.29) is 6.61 Å². The first kappa shape index (κ1) is 9.93. The zero-order valence-electron chi connectivity index (χ0n) is 8.72. The molecule has 0 bridgehead atoms.